The minimum absolute atomic E-state index is 0.290. The Bertz CT molecular complexity index is 709. The number of nitrogens with zero attached hydrogens (tertiary/aromatic N) is 1. The van der Waals surface area contributed by atoms with E-state index < -0.39 is 5.82 Å². The zero-order chi connectivity index (χ0) is 15.1. The summed E-state index contributed by atoms with van der Waals surface area (Å²) < 4.78 is 18.7. The van der Waals surface area contributed by atoms with Gasteiger partial charge in [0.2, 0.25) is 0 Å². The lowest BCUT2D eigenvalue weighted by molar-refractivity contribution is 0.415. The molecule has 2 nitrogen and oxygen atoms in total. The predicted molar refractivity (Wildman–Crippen MR) is 82.0 cm³/mol. The van der Waals surface area contributed by atoms with Crippen molar-refractivity contribution in [2.24, 2.45) is 0 Å². The van der Waals surface area contributed by atoms with Crippen LogP contribution in [0.3, 0.4) is 0 Å². The number of benzene rings is 2. The number of halogens is 1. The molecule has 0 amide bonds. The van der Waals surface area contributed by atoms with Crippen LogP contribution >= 0.6 is 0 Å². The van der Waals surface area contributed by atoms with E-state index in [1.165, 1.54) is 6.07 Å². The third kappa shape index (κ3) is 3.80. The molecule has 0 aliphatic heterocycles. The van der Waals surface area contributed by atoms with E-state index in [0.717, 1.165) is 11.3 Å². The third-order valence-electron chi connectivity index (χ3n) is 2.95. The van der Waals surface area contributed by atoms with Gasteiger partial charge in [0.05, 0.1) is 18.8 Å². The minimum atomic E-state index is -0.400. The Morgan fingerprint density at radius 1 is 1.14 bits per heavy atom. The van der Waals surface area contributed by atoms with Gasteiger partial charge < -0.3 is 4.74 Å². The van der Waals surface area contributed by atoms with Crippen molar-refractivity contribution in [3.63, 3.8) is 0 Å². The number of ether oxygens (including phenoxy) is 1. The average Bonchev–Trinajstić information content (AvgIpc) is 2.53. The highest BCUT2D eigenvalue weighted by Crippen LogP contribution is 2.18. The van der Waals surface area contributed by atoms with Crippen LogP contribution in [0.25, 0.3) is 11.6 Å². The lowest BCUT2D eigenvalue weighted by Crippen LogP contribution is -1.86. The minimum Gasteiger partial charge on any atom is -0.497 e. The van der Waals surface area contributed by atoms with E-state index >= 15 is 0 Å². The molecule has 0 aliphatic carbocycles. The Hall–Kier alpha value is -2.86. The van der Waals surface area contributed by atoms with E-state index in [2.05, 4.69) is 0 Å². The predicted octanol–water partition coefficient (Wildman–Crippen LogP) is 4.45. The molecule has 0 aliphatic rings. The highest BCUT2D eigenvalue weighted by Gasteiger charge is 2.04. The first-order valence-electron chi connectivity index (χ1n) is 6.42. The number of hydrogen-bond donors (Lipinski definition) is 0. The monoisotopic (exact) mass is 279 g/mol. The summed E-state index contributed by atoms with van der Waals surface area (Å²) in [7, 11) is 1.61. The molecule has 2 rings (SSSR count). The van der Waals surface area contributed by atoms with Crippen LogP contribution in [0.1, 0.15) is 11.1 Å². The summed E-state index contributed by atoms with van der Waals surface area (Å²) in [6, 6.07) is 15.8. The van der Waals surface area contributed by atoms with Crippen molar-refractivity contribution in [1.82, 2.24) is 0 Å². The van der Waals surface area contributed by atoms with E-state index in [4.69, 9.17) is 10.00 Å². The molecule has 0 saturated heterocycles. The van der Waals surface area contributed by atoms with Gasteiger partial charge in [0.15, 0.2) is 0 Å². The fraction of sp³-hybridized carbons (Fsp3) is 0.0556. The number of allylic oxidation sites excluding steroid dienone is 3. The standard InChI is InChI=1S/C18H14FNO/c1-21-16-11-9-14(10-12-16)5-4-6-15(13-20)17-7-2-3-8-18(17)19/h2-12H,1H3/b5-4+,15-6-. The van der Waals surface area contributed by atoms with Crippen LogP contribution in [0, 0.1) is 17.1 Å². The first kappa shape index (κ1) is 14.5. The molecule has 0 fully saturated rings. The third-order valence-corrected chi connectivity index (χ3v) is 2.95. The van der Waals surface area contributed by atoms with Gasteiger partial charge in [-0.25, -0.2) is 4.39 Å². The molecule has 104 valence electrons. The van der Waals surface area contributed by atoms with Gasteiger partial charge in [0.1, 0.15) is 11.6 Å². The van der Waals surface area contributed by atoms with Crippen LogP contribution in [-0.4, -0.2) is 7.11 Å². The van der Waals surface area contributed by atoms with Crippen molar-refractivity contribution in [3.05, 3.63) is 77.6 Å². The molecule has 0 saturated carbocycles. The number of nitriles is 1. The van der Waals surface area contributed by atoms with Crippen LogP contribution in [0.2, 0.25) is 0 Å². The first-order valence-corrected chi connectivity index (χ1v) is 6.42. The lowest BCUT2D eigenvalue weighted by Gasteiger charge is -2.00. The van der Waals surface area contributed by atoms with E-state index in [1.807, 2.05) is 36.4 Å². The molecule has 2 aromatic carbocycles. The second-order valence-electron chi connectivity index (χ2n) is 4.30. The Morgan fingerprint density at radius 3 is 2.48 bits per heavy atom. The first-order chi connectivity index (χ1) is 10.2. The highest BCUT2D eigenvalue weighted by molar-refractivity contribution is 5.78. The molecule has 0 heterocycles. The van der Waals surface area contributed by atoms with E-state index in [1.54, 1.807) is 37.5 Å². The number of rotatable bonds is 4. The van der Waals surface area contributed by atoms with Gasteiger partial charge >= 0.3 is 0 Å². The van der Waals surface area contributed by atoms with E-state index in [-0.39, 0.29) is 5.57 Å². The van der Waals surface area contributed by atoms with Gasteiger partial charge in [-0.15, -0.1) is 0 Å². The lowest BCUT2D eigenvalue weighted by atomic mass is 10.1. The molecule has 0 unspecified atom stereocenters. The summed E-state index contributed by atoms with van der Waals surface area (Å²) in [6.45, 7) is 0. The molecule has 0 radical (unpaired) electrons. The molecule has 0 spiro atoms. The summed E-state index contributed by atoms with van der Waals surface area (Å²) in [4.78, 5) is 0. The fourth-order valence-electron chi connectivity index (χ4n) is 1.84. The smallest absolute Gasteiger partial charge is 0.131 e. The van der Waals surface area contributed by atoms with E-state index in [9.17, 15) is 4.39 Å². The Morgan fingerprint density at radius 2 is 1.86 bits per heavy atom. The quantitative estimate of drug-likeness (QED) is 0.611. The zero-order valence-corrected chi connectivity index (χ0v) is 11.6. The Kier molecular flexibility index (Phi) is 4.89. The summed E-state index contributed by atoms with van der Waals surface area (Å²) in [5.41, 5.74) is 1.56. The number of methoxy groups -OCH3 is 1. The van der Waals surface area contributed by atoms with Gasteiger partial charge in [0.25, 0.3) is 0 Å². The van der Waals surface area contributed by atoms with Gasteiger partial charge in [-0.3, -0.25) is 0 Å². The molecule has 0 aromatic heterocycles. The molecular formula is C18H14FNO. The average molecular weight is 279 g/mol. The zero-order valence-electron chi connectivity index (χ0n) is 11.6. The SMILES string of the molecule is COc1ccc(/C=C/C=C(/C#N)c2ccccc2F)cc1. The molecule has 0 atom stereocenters. The van der Waals surface area contributed by atoms with Crippen molar-refractivity contribution in [1.29, 1.82) is 5.26 Å². The summed E-state index contributed by atoms with van der Waals surface area (Å²) >= 11 is 0. The van der Waals surface area contributed by atoms with Gasteiger partial charge in [-0.1, -0.05) is 42.5 Å². The van der Waals surface area contributed by atoms with Gasteiger partial charge in [-0.05, 0) is 29.8 Å². The topological polar surface area (TPSA) is 33.0 Å². The molecule has 0 N–H and O–H groups in total. The molecule has 3 heteroatoms. The van der Waals surface area contributed by atoms with Gasteiger partial charge in [-0.2, -0.15) is 5.26 Å². The van der Waals surface area contributed by atoms with Crippen LogP contribution < -0.4 is 4.74 Å². The van der Waals surface area contributed by atoms with E-state index in [0.29, 0.717) is 5.56 Å². The maximum atomic E-state index is 13.6. The second-order valence-corrected chi connectivity index (χ2v) is 4.30. The summed E-state index contributed by atoms with van der Waals surface area (Å²) in [5, 5.41) is 9.13. The summed E-state index contributed by atoms with van der Waals surface area (Å²) in [5.74, 6) is 0.384. The molecule has 2 aromatic rings. The Labute approximate surface area is 123 Å². The fourth-order valence-corrected chi connectivity index (χ4v) is 1.84. The summed E-state index contributed by atoms with van der Waals surface area (Å²) in [6.07, 6.45) is 5.17. The largest absolute Gasteiger partial charge is 0.497 e. The van der Waals surface area contributed by atoms with Crippen molar-refractivity contribution in [2.45, 2.75) is 0 Å². The van der Waals surface area contributed by atoms with Crippen molar-refractivity contribution >= 4 is 11.6 Å². The second kappa shape index (κ2) is 7.06. The van der Waals surface area contributed by atoms with Crippen LogP contribution in [0.15, 0.2) is 60.7 Å². The van der Waals surface area contributed by atoms with Crippen LogP contribution in [-0.2, 0) is 0 Å². The van der Waals surface area contributed by atoms with Crippen molar-refractivity contribution < 1.29 is 9.13 Å². The maximum absolute atomic E-state index is 13.6. The van der Waals surface area contributed by atoms with Crippen LogP contribution in [0.5, 0.6) is 5.75 Å². The molecule has 0 bridgehead atoms. The Balaban J connectivity index is 2.19. The maximum Gasteiger partial charge on any atom is 0.131 e. The number of hydrogen-bond acceptors (Lipinski definition) is 2. The van der Waals surface area contributed by atoms with Gasteiger partial charge in [0, 0.05) is 5.56 Å². The molecular weight excluding hydrogens is 265 g/mol. The highest BCUT2D eigenvalue weighted by atomic mass is 19.1. The van der Waals surface area contributed by atoms with Crippen LogP contribution in [0.4, 0.5) is 4.39 Å². The normalized spacial score (nSPS) is 11.4. The van der Waals surface area contributed by atoms with Crippen molar-refractivity contribution in [2.75, 3.05) is 7.11 Å². The van der Waals surface area contributed by atoms with Crippen molar-refractivity contribution in [3.8, 4) is 11.8 Å². The molecule has 21 heavy (non-hydrogen) atoms.